The molecule has 0 aliphatic rings. The van der Waals surface area contributed by atoms with Gasteiger partial charge in [-0.3, -0.25) is 14.9 Å². The maximum absolute atomic E-state index is 12.6. The fourth-order valence-electron chi connectivity index (χ4n) is 2.69. The van der Waals surface area contributed by atoms with E-state index in [0.29, 0.717) is 16.1 Å². The van der Waals surface area contributed by atoms with E-state index in [1.54, 1.807) is 31.2 Å². The fourth-order valence-corrected chi connectivity index (χ4v) is 3.80. The van der Waals surface area contributed by atoms with E-state index in [0.717, 1.165) is 6.07 Å². The Labute approximate surface area is 200 Å². The molecule has 0 fully saturated rings. The first-order valence-electron chi connectivity index (χ1n) is 9.74. The Bertz CT molecular complexity index is 1340. The van der Waals surface area contributed by atoms with Gasteiger partial charge in [-0.1, -0.05) is 17.7 Å². The van der Waals surface area contributed by atoms with Crippen LogP contribution in [0.4, 0.5) is 5.69 Å². The number of carbonyl (C=O) groups excluding carboxylic acids is 1. The molecule has 0 bridgehead atoms. The highest BCUT2D eigenvalue weighted by atomic mass is 35.5. The number of hydrogen-bond donors (Lipinski definition) is 1. The number of hydrogen-bond acceptors (Lipinski definition) is 8. The van der Waals surface area contributed by atoms with Crippen molar-refractivity contribution in [2.24, 2.45) is 5.10 Å². The van der Waals surface area contributed by atoms with E-state index in [-0.39, 0.29) is 28.7 Å². The summed E-state index contributed by atoms with van der Waals surface area (Å²) in [5, 5.41) is 15.3. The summed E-state index contributed by atoms with van der Waals surface area (Å²) in [6.07, 6.45) is 1.34. The summed E-state index contributed by atoms with van der Waals surface area (Å²) >= 11 is 5.80. The summed E-state index contributed by atoms with van der Waals surface area (Å²) in [5.41, 5.74) is 2.84. The van der Waals surface area contributed by atoms with Crippen molar-refractivity contribution in [3.63, 3.8) is 0 Å². The Kier molecular flexibility index (Phi) is 7.82. The van der Waals surface area contributed by atoms with E-state index in [9.17, 15) is 23.3 Å². The van der Waals surface area contributed by atoms with Gasteiger partial charge in [-0.25, -0.2) is 5.43 Å². The summed E-state index contributed by atoms with van der Waals surface area (Å²) < 4.78 is 35.9. The fraction of sp³-hybridized carbons (Fsp3) is 0.0909. The molecule has 3 rings (SSSR count). The molecule has 0 saturated heterocycles. The van der Waals surface area contributed by atoms with Gasteiger partial charge in [-0.15, -0.1) is 0 Å². The molecule has 176 valence electrons. The molecule has 0 radical (unpaired) electrons. The maximum atomic E-state index is 12.6. The third kappa shape index (κ3) is 6.30. The second kappa shape index (κ2) is 10.8. The third-order valence-electron chi connectivity index (χ3n) is 4.27. The van der Waals surface area contributed by atoms with E-state index >= 15 is 0 Å². The van der Waals surface area contributed by atoms with Gasteiger partial charge in [-0.05, 0) is 61.0 Å². The normalized spacial score (nSPS) is 11.2. The number of carbonyl (C=O) groups is 1. The minimum atomic E-state index is -4.37. The van der Waals surface area contributed by atoms with Gasteiger partial charge in [0.15, 0.2) is 11.5 Å². The van der Waals surface area contributed by atoms with Crippen LogP contribution < -0.4 is 14.3 Å². The molecule has 0 aliphatic heterocycles. The molecule has 0 saturated carbocycles. The first-order chi connectivity index (χ1) is 16.2. The van der Waals surface area contributed by atoms with Crippen LogP contribution in [0.5, 0.6) is 11.5 Å². The summed E-state index contributed by atoms with van der Waals surface area (Å²) in [6.45, 7) is 1.91. The summed E-state index contributed by atoms with van der Waals surface area (Å²) in [6, 6.07) is 15.1. The van der Waals surface area contributed by atoms with Gasteiger partial charge in [0.1, 0.15) is 4.90 Å². The van der Waals surface area contributed by atoms with E-state index in [2.05, 4.69) is 10.5 Å². The van der Waals surface area contributed by atoms with Gasteiger partial charge >= 0.3 is 10.1 Å². The Morgan fingerprint density at radius 3 is 2.53 bits per heavy atom. The van der Waals surface area contributed by atoms with E-state index in [4.69, 9.17) is 20.5 Å². The van der Waals surface area contributed by atoms with Gasteiger partial charge in [0.25, 0.3) is 11.6 Å². The molecule has 0 aromatic heterocycles. The van der Waals surface area contributed by atoms with Gasteiger partial charge in [0, 0.05) is 22.7 Å². The minimum Gasteiger partial charge on any atom is -0.490 e. The molecule has 0 atom stereocenters. The SMILES string of the molecule is CCOc1cc(/C=N\NC(=O)c2ccc(Cl)cc2)ccc1OS(=O)(=O)c1cccc([N+](=O)[O-])c1. The number of nitrogens with one attached hydrogen (secondary N) is 1. The second-order valence-electron chi connectivity index (χ2n) is 6.64. The van der Waals surface area contributed by atoms with Crippen LogP contribution in [0, 0.1) is 10.1 Å². The number of amides is 1. The van der Waals surface area contributed by atoms with Crippen molar-refractivity contribution in [3.05, 3.63) is 93.0 Å². The number of hydrazone groups is 1. The Hall–Kier alpha value is -3.96. The second-order valence-corrected chi connectivity index (χ2v) is 8.62. The summed E-state index contributed by atoms with van der Waals surface area (Å²) in [7, 11) is -4.37. The van der Waals surface area contributed by atoms with Crippen LogP contribution in [-0.2, 0) is 10.1 Å². The van der Waals surface area contributed by atoms with E-state index in [1.807, 2.05) is 0 Å². The average molecular weight is 504 g/mol. The van der Waals surface area contributed by atoms with Gasteiger partial charge in [0.2, 0.25) is 0 Å². The number of nitro groups is 1. The Balaban J connectivity index is 1.77. The lowest BCUT2D eigenvalue weighted by Gasteiger charge is -2.12. The molecular weight excluding hydrogens is 486 g/mol. The zero-order valence-electron chi connectivity index (χ0n) is 17.7. The van der Waals surface area contributed by atoms with Crippen molar-refractivity contribution in [1.29, 1.82) is 0 Å². The van der Waals surface area contributed by atoms with Crippen LogP contribution in [0.2, 0.25) is 5.02 Å². The highest BCUT2D eigenvalue weighted by Crippen LogP contribution is 2.31. The Morgan fingerprint density at radius 2 is 1.85 bits per heavy atom. The van der Waals surface area contributed by atoms with Crippen molar-refractivity contribution in [3.8, 4) is 11.5 Å². The van der Waals surface area contributed by atoms with Crippen molar-refractivity contribution in [1.82, 2.24) is 5.43 Å². The predicted octanol–water partition coefficient (Wildman–Crippen LogP) is 4.18. The highest BCUT2D eigenvalue weighted by molar-refractivity contribution is 7.87. The van der Waals surface area contributed by atoms with Crippen molar-refractivity contribution in [2.45, 2.75) is 11.8 Å². The van der Waals surface area contributed by atoms with Crippen molar-refractivity contribution in [2.75, 3.05) is 6.61 Å². The monoisotopic (exact) mass is 503 g/mol. The summed E-state index contributed by atoms with van der Waals surface area (Å²) in [5.74, 6) is -0.457. The number of benzene rings is 3. The lowest BCUT2D eigenvalue weighted by Crippen LogP contribution is -2.17. The van der Waals surface area contributed by atoms with Crippen LogP contribution in [0.15, 0.2) is 76.7 Å². The number of nitrogens with zero attached hydrogens (tertiary/aromatic N) is 2. The van der Waals surface area contributed by atoms with E-state index < -0.39 is 20.9 Å². The highest BCUT2D eigenvalue weighted by Gasteiger charge is 2.22. The van der Waals surface area contributed by atoms with Gasteiger partial charge < -0.3 is 8.92 Å². The first kappa shape index (κ1) is 24.7. The van der Waals surface area contributed by atoms with Gasteiger partial charge in [-0.2, -0.15) is 13.5 Å². The van der Waals surface area contributed by atoms with Gasteiger partial charge in [0.05, 0.1) is 17.7 Å². The largest absolute Gasteiger partial charge is 0.490 e. The van der Waals surface area contributed by atoms with Crippen LogP contribution in [-0.4, -0.2) is 32.1 Å². The first-order valence-corrected chi connectivity index (χ1v) is 11.5. The molecule has 34 heavy (non-hydrogen) atoms. The van der Waals surface area contributed by atoms with Crippen molar-refractivity contribution < 1.29 is 27.1 Å². The molecule has 3 aromatic carbocycles. The molecule has 3 aromatic rings. The zero-order chi connectivity index (χ0) is 24.7. The maximum Gasteiger partial charge on any atom is 0.339 e. The smallest absolute Gasteiger partial charge is 0.339 e. The number of rotatable bonds is 9. The lowest BCUT2D eigenvalue weighted by molar-refractivity contribution is -0.385. The van der Waals surface area contributed by atoms with Crippen LogP contribution in [0.1, 0.15) is 22.8 Å². The average Bonchev–Trinajstić information content (AvgIpc) is 2.81. The Morgan fingerprint density at radius 1 is 1.12 bits per heavy atom. The molecule has 0 spiro atoms. The predicted molar refractivity (Wildman–Crippen MR) is 125 cm³/mol. The minimum absolute atomic E-state index is 0.101. The molecule has 12 heteroatoms. The third-order valence-corrected chi connectivity index (χ3v) is 5.75. The lowest BCUT2D eigenvalue weighted by atomic mass is 10.2. The molecule has 1 N–H and O–H groups in total. The zero-order valence-corrected chi connectivity index (χ0v) is 19.2. The van der Waals surface area contributed by atoms with Crippen LogP contribution in [0.25, 0.3) is 0 Å². The van der Waals surface area contributed by atoms with E-state index in [1.165, 1.54) is 42.6 Å². The molecular formula is C22H18ClN3O7S. The molecule has 0 aliphatic carbocycles. The molecule has 0 unspecified atom stereocenters. The van der Waals surface area contributed by atoms with Crippen LogP contribution in [0.3, 0.4) is 0 Å². The molecule has 1 amide bonds. The summed E-state index contributed by atoms with van der Waals surface area (Å²) in [4.78, 5) is 22.0. The number of nitro benzene ring substituents is 1. The number of halogens is 1. The number of ether oxygens (including phenoxy) is 1. The standard InChI is InChI=1S/C22H18ClN3O7S/c1-2-32-21-12-15(14-24-25-22(27)16-7-9-17(23)10-8-16)6-11-20(21)33-34(30,31)19-5-3-4-18(13-19)26(28)29/h3-14H,2H2,1H3,(H,25,27)/b24-14-. The number of non-ortho nitro benzene ring substituents is 1. The van der Waals surface area contributed by atoms with Crippen molar-refractivity contribution >= 4 is 39.5 Å². The molecule has 0 heterocycles. The quantitative estimate of drug-likeness (QED) is 0.200. The van der Waals surface area contributed by atoms with Crippen LogP contribution >= 0.6 is 11.6 Å². The topological polar surface area (TPSA) is 137 Å². The molecule has 10 nitrogen and oxygen atoms in total.